The maximum atomic E-state index is 11.1. The van der Waals surface area contributed by atoms with E-state index in [0.29, 0.717) is 31.2 Å². The average molecular weight is 369 g/mol. The Morgan fingerprint density at radius 2 is 2.07 bits per heavy atom. The van der Waals surface area contributed by atoms with Crippen LogP contribution >= 0.6 is 0 Å². The van der Waals surface area contributed by atoms with Crippen LogP contribution in [0, 0.1) is 0 Å². The van der Waals surface area contributed by atoms with Crippen molar-refractivity contribution in [1.29, 1.82) is 0 Å². The third kappa shape index (κ3) is 2.79. The third-order valence-corrected chi connectivity index (χ3v) is 4.60. The fourth-order valence-electron chi connectivity index (χ4n) is 3.28. The highest BCUT2D eigenvalue weighted by atomic mass is 16.7. The highest BCUT2D eigenvalue weighted by Gasteiger charge is 2.27. The van der Waals surface area contributed by atoms with E-state index in [-0.39, 0.29) is 12.6 Å². The molecule has 10 heteroatoms. The molecule has 1 amide bonds. The summed E-state index contributed by atoms with van der Waals surface area (Å²) in [6, 6.07) is 5.70. The Labute approximate surface area is 152 Å². The number of aromatic nitrogens is 3. The number of hydrogen-bond acceptors (Lipinski definition) is 9. The molecule has 5 rings (SSSR count). The molecule has 4 heterocycles. The van der Waals surface area contributed by atoms with E-state index in [9.17, 15) is 4.79 Å². The van der Waals surface area contributed by atoms with E-state index in [2.05, 4.69) is 20.2 Å². The third-order valence-electron chi connectivity index (χ3n) is 4.60. The van der Waals surface area contributed by atoms with Gasteiger partial charge < -0.3 is 24.3 Å². The van der Waals surface area contributed by atoms with E-state index >= 15 is 0 Å². The fraction of sp³-hybridized carbons (Fsp3) is 0.294. The normalized spacial score (nSPS) is 15.7. The van der Waals surface area contributed by atoms with Crippen molar-refractivity contribution in [2.45, 2.75) is 19.5 Å². The van der Waals surface area contributed by atoms with Gasteiger partial charge in [-0.15, -0.1) is 0 Å². The smallest absolute Gasteiger partial charge is 0.290 e. The first-order valence-corrected chi connectivity index (χ1v) is 8.39. The summed E-state index contributed by atoms with van der Waals surface area (Å²) in [5.74, 6) is 1.79. The molecule has 0 aliphatic carbocycles. The van der Waals surface area contributed by atoms with Crippen LogP contribution in [0.2, 0.25) is 0 Å². The molecule has 10 nitrogen and oxygen atoms in total. The van der Waals surface area contributed by atoms with E-state index in [4.69, 9.17) is 24.3 Å². The quantitative estimate of drug-likeness (QED) is 0.718. The van der Waals surface area contributed by atoms with Crippen molar-refractivity contribution in [3.05, 3.63) is 41.2 Å². The Morgan fingerprint density at radius 3 is 2.93 bits per heavy atom. The molecule has 0 radical (unpaired) electrons. The minimum atomic E-state index is -0.713. The van der Waals surface area contributed by atoms with Crippen LogP contribution in [0.15, 0.2) is 27.2 Å². The van der Waals surface area contributed by atoms with E-state index in [1.54, 1.807) is 0 Å². The lowest BCUT2D eigenvalue weighted by Gasteiger charge is -2.24. The van der Waals surface area contributed by atoms with Gasteiger partial charge in [0, 0.05) is 30.6 Å². The predicted octanol–water partition coefficient (Wildman–Crippen LogP) is 1.11. The lowest BCUT2D eigenvalue weighted by molar-refractivity contribution is 0.0987. The van der Waals surface area contributed by atoms with Gasteiger partial charge >= 0.3 is 0 Å². The summed E-state index contributed by atoms with van der Waals surface area (Å²) in [5, 5.41) is 7.82. The minimum absolute atomic E-state index is 0.117. The molecule has 0 fully saturated rings. The number of hydrogen-bond donors (Lipinski definition) is 1. The van der Waals surface area contributed by atoms with Crippen LogP contribution in [0.1, 0.15) is 27.8 Å². The van der Waals surface area contributed by atoms with Gasteiger partial charge in [0.1, 0.15) is 11.5 Å². The molecule has 138 valence electrons. The van der Waals surface area contributed by atoms with Gasteiger partial charge in [-0.05, 0) is 18.2 Å². The zero-order valence-corrected chi connectivity index (χ0v) is 14.2. The van der Waals surface area contributed by atoms with Crippen LogP contribution in [-0.4, -0.2) is 39.4 Å². The van der Waals surface area contributed by atoms with E-state index in [1.165, 1.54) is 0 Å². The number of rotatable bonds is 4. The molecule has 0 saturated carbocycles. The van der Waals surface area contributed by atoms with Crippen LogP contribution in [0.4, 0.5) is 0 Å². The van der Waals surface area contributed by atoms with Gasteiger partial charge in [0.15, 0.2) is 11.5 Å². The molecule has 0 bridgehead atoms. The Kier molecular flexibility index (Phi) is 3.57. The number of nitrogens with two attached hydrogens (primary N) is 1. The highest BCUT2D eigenvalue weighted by Crippen LogP contribution is 2.38. The molecule has 2 aliphatic heterocycles. The van der Waals surface area contributed by atoms with Gasteiger partial charge in [-0.3, -0.25) is 9.69 Å². The first-order chi connectivity index (χ1) is 13.2. The Bertz CT molecular complexity index is 1030. The zero-order chi connectivity index (χ0) is 18.4. The lowest BCUT2D eigenvalue weighted by atomic mass is 10.0. The van der Waals surface area contributed by atoms with Gasteiger partial charge in [-0.1, -0.05) is 10.3 Å². The van der Waals surface area contributed by atoms with Gasteiger partial charge in [-0.2, -0.15) is 4.98 Å². The highest BCUT2D eigenvalue weighted by molar-refractivity contribution is 5.88. The van der Waals surface area contributed by atoms with E-state index in [1.807, 2.05) is 18.2 Å². The lowest BCUT2D eigenvalue weighted by Crippen LogP contribution is -2.29. The predicted molar refractivity (Wildman–Crippen MR) is 88.7 cm³/mol. The van der Waals surface area contributed by atoms with Crippen LogP contribution < -0.4 is 15.2 Å². The zero-order valence-electron chi connectivity index (χ0n) is 14.2. The van der Waals surface area contributed by atoms with Crippen molar-refractivity contribution in [2.24, 2.45) is 5.73 Å². The van der Waals surface area contributed by atoms with Crippen molar-refractivity contribution in [3.8, 4) is 22.8 Å². The number of carbonyl (C=O) groups is 1. The molecule has 0 saturated heterocycles. The maximum Gasteiger partial charge on any atom is 0.290 e. The minimum Gasteiger partial charge on any atom is -0.454 e. The van der Waals surface area contributed by atoms with Gasteiger partial charge in [-0.25, -0.2) is 0 Å². The Hall–Kier alpha value is -3.40. The van der Waals surface area contributed by atoms with Crippen molar-refractivity contribution >= 4 is 5.91 Å². The Morgan fingerprint density at radius 1 is 1.19 bits per heavy atom. The molecule has 2 aromatic heterocycles. The molecule has 0 atom stereocenters. The standard InChI is InChI=1S/C17H15N5O5/c18-16(23)17-19-14(27-21-17)7-22-4-3-11-10(6-22)15(20-26-11)9-1-2-12-13(5-9)25-8-24-12/h1-2,5H,3-4,6-8H2,(H2,18,23). The number of primary amides is 1. The van der Waals surface area contributed by atoms with Crippen molar-refractivity contribution in [1.82, 2.24) is 20.2 Å². The maximum absolute atomic E-state index is 11.1. The number of ether oxygens (including phenoxy) is 2. The van der Waals surface area contributed by atoms with Crippen LogP contribution in [-0.2, 0) is 19.5 Å². The van der Waals surface area contributed by atoms with E-state index in [0.717, 1.165) is 34.9 Å². The SMILES string of the molecule is NC(=O)c1noc(CN2CCc3onc(-c4ccc5c(c4)OCO5)c3C2)n1. The van der Waals surface area contributed by atoms with Gasteiger partial charge in [0.25, 0.3) is 11.7 Å². The summed E-state index contributed by atoms with van der Waals surface area (Å²) >= 11 is 0. The molecule has 27 heavy (non-hydrogen) atoms. The molecule has 2 aliphatic rings. The first kappa shape index (κ1) is 15.8. The van der Waals surface area contributed by atoms with Gasteiger partial charge in [0.05, 0.1) is 6.54 Å². The summed E-state index contributed by atoms with van der Waals surface area (Å²) in [7, 11) is 0. The summed E-state index contributed by atoms with van der Waals surface area (Å²) in [6.45, 7) is 1.99. The number of nitrogens with zero attached hydrogens (tertiary/aromatic N) is 4. The van der Waals surface area contributed by atoms with Crippen molar-refractivity contribution in [3.63, 3.8) is 0 Å². The topological polar surface area (TPSA) is 130 Å². The number of benzene rings is 1. The second-order valence-corrected chi connectivity index (χ2v) is 6.34. The van der Waals surface area contributed by atoms with Crippen molar-refractivity contribution < 1.29 is 23.3 Å². The monoisotopic (exact) mass is 369 g/mol. The molecular formula is C17H15N5O5. The molecule has 2 N–H and O–H groups in total. The first-order valence-electron chi connectivity index (χ1n) is 8.39. The molecule has 0 unspecified atom stereocenters. The summed E-state index contributed by atoms with van der Waals surface area (Å²) in [6.07, 6.45) is 0.712. The van der Waals surface area contributed by atoms with Crippen molar-refractivity contribution in [2.75, 3.05) is 13.3 Å². The van der Waals surface area contributed by atoms with E-state index < -0.39 is 5.91 Å². The second-order valence-electron chi connectivity index (χ2n) is 6.34. The number of amides is 1. The second kappa shape index (κ2) is 6.09. The summed E-state index contributed by atoms with van der Waals surface area (Å²) < 4.78 is 21.4. The molecule has 1 aromatic carbocycles. The van der Waals surface area contributed by atoms with Crippen LogP contribution in [0.5, 0.6) is 11.5 Å². The number of carbonyl (C=O) groups excluding carboxylic acids is 1. The largest absolute Gasteiger partial charge is 0.454 e. The summed E-state index contributed by atoms with van der Waals surface area (Å²) in [5.41, 5.74) is 7.84. The fourth-order valence-corrected chi connectivity index (χ4v) is 3.28. The molecule has 0 spiro atoms. The Balaban J connectivity index is 1.39. The van der Waals surface area contributed by atoms with Gasteiger partial charge in [0.2, 0.25) is 12.7 Å². The molecular weight excluding hydrogens is 354 g/mol. The number of fused-ring (bicyclic) bond motifs is 2. The average Bonchev–Trinajstić information content (AvgIpc) is 3.40. The van der Waals surface area contributed by atoms with Crippen LogP contribution in [0.3, 0.4) is 0 Å². The molecule has 3 aromatic rings. The summed E-state index contributed by atoms with van der Waals surface area (Å²) in [4.78, 5) is 17.2. The van der Waals surface area contributed by atoms with Crippen LogP contribution in [0.25, 0.3) is 11.3 Å².